The third-order valence-corrected chi connectivity index (χ3v) is 3.99. The van der Waals surface area contributed by atoms with Crippen LogP contribution < -0.4 is 0 Å². The lowest BCUT2D eigenvalue weighted by Gasteiger charge is -2.15. The summed E-state index contributed by atoms with van der Waals surface area (Å²) in [4.78, 5) is 24.2. The summed E-state index contributed by atoms with van der Waals surface area (Å²) in [6, 6.07) is 0. The van der Waals surface area contributed by atoms with Gasteiger partial charge >= 0.3 is 11.9 Å². The van der Waals surface area contributed by atoms with Crippen LogP contribution in [0, 0.1) is 5.92 Å². The van der Waals surface area contributed by atoms with Gasteiger partial charge in [-0.25, -0.2) is 0 Å². The summed E-state index contributed by atoms with van der Waals surface area (Å²) in [7, 11) is 0. The molecule has 22 heavy (non-hydrogen) atoms. The Hall–Kier alpha value is -0.580. The first kappa shape index (κ1) is 21.4. The largest absolute Gasteiger partial charge is 0.465 e. The molecule has 130 valence electrons. The van der Waals surface area contributed by atoms with E-state index in [1.165, 1.54) is 0 Å². The molecule has 0 aliphatic carbocycles. The highest BCUT2D eigenvalue weighted by Crippen LogP contribution is 2.16. The standard InChI is InChI=1S/C17H31BrO4/c1-3-5-13-21-16(19)15(11-9-7-8-10-12-18)17(20)22-14-6-4-2/h15H,3-14H2,1-2H3. The smallest absolute Gasteiger partial charge is 0.320 e. The first-order valence-electron chi connectivity index (χ1n) is 8.56. The van der Waals surface area contributed by atoms with E-state index in [1.807, 2.05) is 13.8 Å². The number of carbonyl (C=O) groups excluding carboxylic acids is 2. The van der Waals surface area contributed by atoms with Gasteiger partial charge in [0.2, 0.25) is 0 Å². The highest BCUT2D eigenvalue weighted by atomic mass is 79.9. The fraction of sp³-hybridized carbons (Fsp3) is 0.882. The zero-order valence-electron chi connectivity index (χ0n) is 14.1. The molecular formula is C17H31BrO4. The van der Waals surface area contributed by atoms with Crippen LogP contribution in [0.15, 0.2) is 0 Å². The summed E-state index contributed by atoms with van der Waals surface area (Å²) < 4.78 is 10.4. The molecule has 0 aliphatic rings. The minimum atomic E-state index is -0.752. The van der Waals surface area contributed by atoms with Crippen LogP contribution in [0.1, 0.15) is 71.6 Å². The Balaban J connectivity index is 4.28. The summed E-state index contributed by atoms with van der Waals surface area (Å²) in [5, 5.41) is 0.995. The highest BCUT2D eigenvalue weighted by molar-refractivity contribution is 9.09. The van der Waals surface area contributed by atoms with E-state index in [9.17, 15) is 9.59 Å². The fourth-order valence-corrected chi connectivity index (χ4v) is 2.36. The molecule has 0 saturated heterocycles. The zero-order chi connectivity index (χ0) is 16.6. The number of halogens is 1. The number of alkyl halides is 1. The average Bonchev–Trinajstić information content (AvgIpc) is 2.51. The third kappa shape index (κ3) is 11.0. The van der Waals surface area contributed by atoms with Gasteiger partial charge in [-0.05, 0) is 25.7 Å². The van der Waals surface area contributed by atoms with Crippen molar-refractivity contribution in [3.8, 4) is 0 Å². The Morgan fingerprint density at radius 3 is 1.77 bits per heavy atom. The first-order valence-corrected chi connectivity index (χ1v) is 9.68. The second-order valence-electron chi connectivity index (χ2n) is 5.49. The van der Waals surface area contributed by atoms with Crippen LogP contribution in [-0.2, 0) is 19.1 Å². The molecule has 0 aromatic carbocycles. The first-order chi connectivity index (χ1) is 10.7. The molecule has 0 radical (unpaired) electrons. The molecule has 0 fully saturated rings. The average molecular weight is 379 g/mol. The van der Waals surface area contributed by atoms with Crippen LogP contribution >= 0.6 is 15.9 Å². The van der Waals surface area contributed by atoms with E-state index in [-0.39, 0.29) is 0 Å². The number of esters is 2. The SMILES string of the molecule is CCCCOC(=O)C(CCCCCCBr)C(=O)OCCCC. The molecule has 0 aliphatic heterocycles. The van der Waals surface area contributed by atoms with Crippen molar-refractivity contribution >= 4 is 27.9 Å². The van der Waals surface area contributed by atoms with Crippen molar-refractivity contribution < 1.29 is 19.1 Å². The van der Waals surface area contributed by atoms with E-state index < -0.39 is 17.9 Å². The molecule has 0 unspecified atom stereocenters. The van der Waals surface area contributed by atoms with E-state index in [4.69, 9.17) is 9.47 Å². The fourth-order valence-electron chi connectivity index (χ4n) is 1.96. The number of hydrogen-bond acceptors (Lipinski definition) is 4. The van der Waals surface area contributed by atoms with E-state index in [2.05, 4.69) is 15.9 Å². The van der Waals surface area contributed by atoms with Crippen molar-refractivity contribution in [3.63, 3.8) is 0 Å². The molecular weight excluding hydrogens is 348 g/mol. The summed E-state index contributed by atoms with van der Waals surface area (Å²) in [6.07, 6.45) is 8.20. The van der Waals surface area contributed by atoms with Crippen LogP contribution in [-0.4, -0.2) is 30.5 Å². The highest BCUT2D eigenvalue weighted by Gasteiger charge is 2.29. The molecule has 0 spiro atoms. The van der Waals surface area contributed by atoms with Gasteiger partial charge in [0, 0.05) is 5.33 Å². The molecule has 0 amide bonds. The number of carbonyl (C=O) groups is 2. The van der Waals surface area contributed by atoms with E-state index in [0.29, 0.717) is 19.6 Å². The lowest BCUT2D eigenvalue weighted by atomic mass is 10.0. The Morgan fingerprint density at radius 1 is 0.818 bits per heavy atom. The normalized spacial score (nSPS) is 10.7. The molecule has 0 bridgehead atoms. The summed E-state index contributed by atoms with van der Waals surface area (Å²) in [6.45, 7) is 4.84. The quantitative estimate of drug-likeness (QED) is 0.191. The van der Waals surface area contributed by atoms with Gasteiger partial charge in [0.05, 0.1) is 13.2 Å². The van der Waals surface area contributed by atoms with Gasteiger partial charge in [-0.1, -0.05) is 61.9 Å². The molecule has 0 rings (SSSR count). The molecule has 0 aromatic rings. The maximum atomic E-state index is 12.1. The monoisotopic (exact) mass is 378 g/mol. The minimum Gasteiger partial charge on any atom is -0.465 e. The second kappa shape index (κ2) is 15.3. The molecule has 4 nitrogen and oxygen atoms in total. The van der Waals surface area contributed by atoms with Gasteiger partial charge in [0.25, 0.3) is 0 Å². The lowest BCUT2D eigenvalue weighted by molar-refractivity contribution is -0.162. The molecule has 0 atom stereocenters. The van der Waals surface area contributed by atoms with Crippen molar-refractivity contribution in [2.45, 2.75) is 71.6 Å². The molecule has 5 heteroatoms. The van der Waals surface area contributed by atoms with Gasteiger partial charge in [0.1, 0.15) is 0 Å². The maximum absolute atomic E-state index is 12.1. The maximum Gasteiger partial charge on any atom is 0.320 e. The molecule has 0 aromatic heterocycles. The van der Waals surface area contributed by atoms with Crippen molar-refractivity contribution in [2.75, 3.05) is 18.5 Å². The Morgan fingerprint density at radius 2 is 1.32 bits per heavy atom. The van der Waals surface area contributed by atoms with Crippen molar-refractivity contribution in [2.24, 2.45) is 5.92 Å². The number of unbranched alkanes of at least 4 members (excludes halogenated alkanes) is 5. The van der Waals surface area contributed by atoms with Crippen molar-refractivity contribution in [1.29, 1.82) is 0 Å². The van der Waals surface area contributed by atoms with Gasteiger partial charge in [-0.15, -0.1) is 0 Å². The molecule has 0 saturated carbocycles. The summed E-state index contributed by atoms with van der Waals surface area (Å²) in [5.41, 5.74) is 0. The van der Waals surface area contributed by atoms with E-state index >= 15 is 0 Å². The van der Waals surface area contributed by atoms with Gasteiger partial charge in [-0.3, -0.25) is 9.59 Å². The number of ether oxygens (including phenoxy) is 2. The Bertz CT molecular complexity index is 272. The summed E-state index contributed by atoms with van der Waals surface area (Å²) in [5.74, 6) is -1.59. The third-order valence-electron chi connectivity index (χ3n) is 3.43. The van der Waals surface area contributed by atoms with E-state index in [1.54, 1.807) is 0 Å². The Labute approximate surface area is 143 Å². The second-order valence-corrected chi connectivity index (χ2v) is 6.28. The van der Waals surface area contributed by atoms with Crippen LogP contribution in [0.4, 0.5) is 0 Å². The van der Waals surface area contributed by atoms with E-state index in [0.717, 1.165) is 56.7 Å². The van der Waals surface area contributed by atoms with Crippen LogP contribution in [0.5, 0.6) is 0 Å². The lowest BCUT2D eigenvalue weighted by Crippen LogP contribution is -2.28. The van der Waals surface area contributed by atoms with Crippen molar-refractivity contribution in [1.82, 2.24) is 0 Å². The van der Waals surface area contributed by atoms with Crippen LogP contribution in [0.2, 0.25) is 0 Å². The van der Waals surface area contributed by atoms with Gasteiger partial charge < -0.3 is 9.47 Å². The number of rotatable bonds is 14. The molecule has 0 heterocycles. The minimum absolute atomic E-state index is 0.387. The van der Waals surface area contributed by atoms with Crippen LogP contribution in [0.25, 0.3) is 0 Å². The predicted molar refractivity (Wildman–Crippen MR) is 92.1 cm³/mol. The van der Waals surface area contributed by atoms with Gasteiger partial charge in [-0.2, -0.15) is 0 Å². The molecule has 0 N–H and O–H groups in total. The summed E-state index contributed by atoms with van der Waals surface area (Å²) >= 11 is 3.40. The van der Waals surface area contributed by atoms with Crippen molar-refractivity contribution in [3.05, 3.63) is 0 Å². The topological polar surface area (TPSA) is 52.6 Å². The predicted octanol–water partition coefficient (Wildman–Crippen LogP) is 4.63. The number of hydrogen-bond donors (Lipinski definition) is 0. The Kier molecular flexibility index (Phi) is 14.9. The zero-order valence-corrected chi connectivity index (χ0v) is 15.7. The van der Waals surface area contributed by atoms with Gasteiger partial charge in [0.15, 0.2) is 5.92 Å². The van der Waals surface area contributed by atoms with Crippen LogP contribution in [0.3, 0.4) is 0 Å².